The van der Waals surface area contributed by atoms with Crippen molar-refractivity contribution < 1.29 is 4.39 Å². The minimum Gasteiger partial charge on any atom is -0.311 e. The third-order valence-electron chi connectivity index (χ3n) is 3.42. The molecule has 1 heterocycles. The maximum Gasteiger partial charge on any atom is 0.124 e. The number of nitrogens with zero attached hydrogens (tertiary/aromatic N) is 1. The molecule has 1 atom stereocenters. The van der Waals surface area contributed by atoms with Crippen LogP contribution in [0.2, 0.25) is 0 Å². The van der Waals surface area contributed by atoms with Gasteiger partial charge in [-0.05, 0) is 29.7 Å². The SMILES string of the molecule is CC(C)C1CN(Cc2cc(F)cc(Br)c2)CCN1. The van der Waals surface area contributed by atoms with Crippen molar-refractivity contribution in [3.8, 4) is 0 Å². The average Bonchev–Trinajstić information content (AvgIpc) is 2.27. The molecular weight excluding hydrogens is 295 g/mol. The second-order valence-electron chi connectivity index (χ2n) is 5.32. The van der Waals surface area contributed by atoms with Crippen LogP contribution in [0.3, 0.4) is 0 Å². The maximum atomic E-state index is 13.3. The molecule has 1 saturated heterocycles. The highest BCUT2D eigenvalue weighted by Crippen LogP contribution is 2.17. The fourth-order valence-electron chi connectivity index (χ4n) is 2.39. The van der Waals surface area contributed by atoms with E-state index in [1.54, 1.807) is 6.07 Å². The summed E-state index contributed by atoms with van der Waals surface area (Å²) in [6, 6.07) is 5.65. The first-order valence-electron chi connectivity index (χ1n) is 6.45. The average molecular weight is 315 g/mol. The Hall–Kier alpha value is -0.450. The lowest BCUT2D eigenvalue weighted by atomic mass is 10.0. The van der Waals surface area contributed by atoms with Gasteiger partial charge in [0.1, 0.15) is 5.82 Å². The normalized spacial score (nSPS) is 21.5. The summed E-state index contributed by atoms with van der Waals surface area (Å²) in [5, 5.41) is 3.53. The van der Waals surface area contributed by atoms with Crippen LogP contribution in [0.5, 0.6) is 0 Å². The number of rotatable bonds is 3. The predicted molar refractivity (Wildman–Crippen MR) is 76.0 cm³/mol. The molecule has 2 nitrogen and oxygen atoms in total. The van der Waals surface area contributed by atoms with Gasteiger partial charge in [-0.25, -0.2) is 4.39 Å². The summed E-state index contributed by atoms with van der Waals surface area (Å²) >= 11 is 3.34. The van der Waals surface area contributed by atoms with Gasteiger partial charge in [0.15, 0.2) is 0 Å². The third-order valence-corrected chi connectivity index (χ3v) is 3.88. The van der Waals surface area contributed by atoms with Crippen LogP contribution >= 0.6 is 15.9 Å². The van der Waals surface area contributed by atoms with E-state index in [0.29, 0.717) is 12.0 Å². The number of nitrogens with one attached hydrogen (secondary N) is 1. The quantitative estimate of drug-likeness (QED) is 0.922. The summed E-state index contributed by atoms with van der Waals surface area (Å²) in [4.78, 5) is 2.39. The summed E-state index contributed by atoms with van der Waals surface area (Å²) in [5.74, 6) is 0.460. The van der Waals surface area contributed by atoms with Crippen LogP contribution < -0.4 is 5.32 Å². The van der Waals surface area contributed by atoms with Crippen molar-refractivity contribution in [1.82, 2.24) is 10.2 Å². The van der Waals surface area contributed by atoms with E-state index in [9.17, 15) is 4.39 Å². The van der Waals surface area contributed by atoms with Crippen molar-refractivity contribution in [1.29, 1.82) is 0 Å². The van der Waals surface area contributed by atoms with E-state index in [0.717, 1.165) is 36.2 Å². The topological polar surface area (TPSA) is 15.3 Å². The molecule has 0 saturated carbocycles. The van der Waals surface area contributed by atoms with Crippen LogP contribution in [0.25, 0.3) is 0 Å². The number of benzene rings is 1. The molecule has 0 aromatic heterocycles. The first-order valence-corrected chi connectivity index (χ1v) is 7.24. The van der Waals surface area contributed by atoms with Crippen molar-refractivity contribution in [2.75, 3.05) is 19.6 Å². The molecule has 1 aliphatic rings. The molecule has 1 aliphatic heterocycles. The Bertz CT molecular complexity index is 389. The second-order valence-corrected chi connectivity index (χ2v) is 6.23. The minimum atomic E-state index is -0.171. The van der Waals surface area contributed by atoms with Crippen LogP contribution in [0, 0.1) is 11.7 Å². The Labute approximate surface area is 117 Å². The molecule has 2 rings (SSSR count). The number of piperazine rings is 1. The van der Waals surface area contributed by atoms with Crippen molar-refractivity contribution in [2.24, 2.45) is 5.92 Å². The molecule has 100 valence electrons. The molecule has 1 unspecified atom stereocenters. The highest BCUT2D eigenvalue weighted by molar-refractivity contribution is 9.10. The molecule has 4 heteroatoms. The van der Waals surface area contributed by atoms with Crippen molar-refractivity contribution in [3.05, 3.63) is 34.1 Å². The number of halogens is 2. The van der Waals surface area contributed by atoms with E-state index in [1.165, 1.54) is 6.07 Å². The summed E-state index contributed by atoms with van der Waals surface area (Å²) in [6.45, 7) is 8.36. The zero-order chi connectivity index (χ0) is 13.1. The predicted octanol–water partition coefficient (Wildman–Crippen LogP) is 3.02. The van der Waals surface area contributed by atoms with Crippen molar-refractivity contribution in [2.45, 2.75) is 26.4 Å². The van der Waals surface area contributed by atoms with Gasteiger partial charge in [0.05, 0.1) is 0 Å². The Balaban J connectivity index is 2.00. The van der Waals surface area contributed by atoms with E-state index in [1.807, 2.05) is 6.07 Å². The molecule has 1 aromatic carbocycles. The fraction of sp³-hybridized carbons (Fsp3) is 0.571. The summed E-state index contributed by atoms with van der Waals surface area (Å²) in [5.41, 5.74) is 1.03. The zero-order valence-corrected chi connectivity index (χ0v) is 12.5. The molecule has 0 aliphatic carbocycles. The molecule has 1 aromatic rings. The van der Waals surface area contributed by atoms with E-state index in [-0.39, 0.29) is 5.82 Å². The summed E-state index contributed by atoms with van der Waals surface area (Å²) in [7, 11) is 0. The molecule has 0 bridgehead atoms. The molecule has 0 radical (unpaired) electrons. The third kappa shape index (κ3) is 3.77. The number of hydrogen-bond acceptors (Lipinski definition) is 2. The largest absolute Gasteiger partial charge is 0.311 e. The van der Waals surface area contributed by atoms with Crippen LogP contribution in [-0.4, -0.2) is 30.6 Å². The molecule has 1 fully saturated rings. The van der Waals surface area contributed by atoms with Gasteiger partial charge in [-0.15, -0.1) is 0 Å². The second kappa shape index (κ2) is 6.13. The van der Waals surface area contributed by atoms with Gasteiger partial charge in [0.25, 0.3) is 0 Å². The summed E-state index contributed by atoms with van der Waals surface area (Å²) < 4.78 is 14.1. The summed E-state index contributed by atoms with van der Waals surface area (Å²) in [6.07, 6.45) is 0. The Morgan fingerprint density at radius 3 is 2.89 bits per heavy atom. The fourth-order valence-corrected chi connectivity index (χ4v) is 2.91. The highest BCUT2D eigenvalue weighted by Gasteiger charge is 2.21. The lowest BCUT2D eigenvalue weighted by Gasteiger charge is -2.35. The first-order chi connectivity index (χ1) is 8.54. The van der Waals surface area contributed by atoms with Crippen LogP contribution in [-0.2, 0) is 6.54 Å². The van der Waals surface area contributed by atoms with Crippen LogP contribution in [0.4, 0.5) is 4.39 Å². The van der Waals surface area contributed by atoms with E-state index in [2.05, 4.69) is 40.0 Å². The van der Waals surface area contributed by atoms with Gasteiger partial charge in [-0.1, -0.05) is 29.8 Å². The minimum absolute atomic E-state index is 0.171. The Kier molecular flexibility index (Phi) is 4.76. The van der Waals surface area contributed by atoms with Crippen LogP contribution in [0.15, 0.2) is 22.7 Å². The van der Waals surface area contributed by atoms with E-state index in [4.69, 9.17) is 0 Å². The van der Waals surface area contributed by atoms with Gasteiger partial charge >= 0.3 is 0 Å². The lowest BCUT2D eigenvalue weighted by Crippen LogP contribution is -2.52. The lowest BCUT2D eigenvalue weighted by molar-refractivity contribution is 0.168. The molecule has 0 amide bonds. The molecule has 0 spiro atoms. The van der Waals surface area contributed by atoms with Crippen molar-refractivity contribution in [3.63, 3.8) is 0 Å². The van der Waals surface area contributed by atoms with Gasteiger partial charge < -0.3 is 5.32 Å². The van der Waals surface area contributed by atoms with E-state index < -0.39 is 0 Å². The van der Waals surface area contributed by atoms with Gasteiger partial charge in [0, 0.05) is 36.7 Å². The Morgan fingerprint density at radius 2 is 2.22 bits per heavy atom. The zero-order valence-electron chi connectivity index (χ0n) is 10.9. The number of hydrogen-bond donors (Lipinski definition) is 1. The van der Waals surface area contributed by atoms with Crippen LogP contribution in [0.1, 0.15) is 19.4 Å². The molecule has 18 heavy (non-hydrogen) atoms. The van der Waals surface area contributed by atoms with E-state index >= 15 is 0 Å². The molecule has 1 N–H and O–H groups in total. The highest BCUT2D eigenvalue weighted by atomic mass is 79.9. The van der Waals surface area contributed by atoms with Gasteiger partial charge in [-0.3, -0.25) is 4.90 Å². The first kappa shape index (κ1) is 14.0. The monoisotopic (exact) mass is 314 g/mol. The molecular formula is C14H20BrFN2. The smallest absolute Gasteiger partial charge is 0.124 e. The van der Waals surface area contributed by atoms with Gasteiger partial charge in [-0.2, -0.15) is 0 Å². The Morgan fingerprint density at radius 1 is 1.44 bits per heavy atom. The van der Waals surface area contributed by atoms with Crippen molar-refractivity contribution >= 4 is 15.9 Å². The standard InChI is InChI=1S/C14H20BrFN2/c1-10(2)14-9-18(4-3-17-14)8-11-5-12(15)7-13(16)6-11/h5-7,10,14,17H,3-4,8-9H2,1-2H3. The van der Waals surface area contributed by atoms with Gasteiger partial charge in [0.2, 0.25) is 0 Å². The maximum absolute atomic E-state index is 13.3.